The Morgan fingerprint density at radius 1 is 1.20 bits per heavy atom. The topological polar surface area (TPSA) is 34.1 Å². The van der Waals surface area contributed by atoms with E-state index < -0.39 is 15.7 Å². The largest absolute Gasteiger partial charge is 0.224 e. The second kappa shape index (κ2) is 4.75. The molecule has 0 aliphatic carbocycles. The molecule has 0 saturated carbocycles. The lowest BCUT2D eigenvalue weighted by Crippen LogP contribution is -2.09. The number of benzene rings is 1. The molecule has 15 heavy (non-hydrogen) atoms. The summed E-state index contributed by atoms with van der Waals surface area (Å²) in [7, 11) is -3.24. The van der Waals surface area contributed by atoms with Crippen LogP contribution in [0.5, 0.6) is 0 Å². The van der Waals surface area contributed by atoms with E-state index >= 15 is 0 Å². The molecule has 0 bridgehead atoms. The lowest BCUT2D eigenvalue weighted by molar-refractivity contribution is 0.573. The Bertz CT molecular complexity index is 407. The Kier molecular flexibility index (Phi) is 3.85. The third kappa shape index (κ3) is 3.63. The van der Waals surface area contributed by atoms with Crippen LogP contribution in [0.15, 0.2) is 29.2 Å². The molecule has 0 radical (unpaired) electrons. The van der Waals surface area contributed by atoms with E-state index in [1.54, 1.807) is 0 Å². The predicted molar refractivity (Wildman–Crippen MR) is 57.9 cm³/mol. The Labute approximate surface area is 90.0 Å². The highest BCUT2D eigenvalue weighted by atomic mass is 32.2. The van der Waals surface area contributed by atoms with Crippen LogP contribution in [0.2, 0.25) is 0 Å². The first-order chi connectivity index (χ1) is 6.92. The molecular formula is C11H15FO2S. The normalized spacial score (nSPS) is 12.0. The highest BCUT2D eigenvalue weighted by Crippen LogP contribution is 2.14. The fourth-order valence-electron chi connectivity index (χ4n) is 1.15. The Hall–Kier alpha value is -0.900. The van der Waals surface area contributed by atoms with Gasteiger partial charge in [0.2, 0.25) is 0 Å². The smallest absolute Gasteiger partial charge is 0.178 e. The molecule has 0 heterocycles. The Balaban J connectivity index is 2.82. The zero-order chi connectivity index (χ0) is 11.5. The van der Waals surface area contributed by atoms with Crippen molar-refractivity contribution in [2.24, 2.45) is 5.92 Å². The van der Waals surface area contributed by atoms with Crippen molar-refractivity contribution in [3.05, 3.63) is 30.1 Å². The van der Waals surface area contributed by atoms with Gasteiger partial charge >= 0.3 is 0 Å². The third-order valence-electron chi connectivity index (χ3n) is 2.14. The lowest BCUT2D eigenvalue weighted by Gasteiger charge is -2.06. The van der Waals surface area contributed by atoms with E-state index in [0.29, 0.717) is 12.3 Å². The van der Waals surface area contributed by atoms with Gasteiger partial charge in [0.1, 0.15) is 5.82 Å². The van der Waals surface area contributed by atoms with E-state index in [2.05, 4.69) is 0 Å². The minimum Gasteiger partial charge on any atom is -0.224 e. The molecule has 1 aromatic carbocycles. The van der Waals surface area contributed by atoms with Gasteiger partial charge in [0.05, 0.1) is 10.6 Å². The van der Waals surface area contributed by atoms with Gasteiger partial charge in [-0.2, -0.15) is 0 Å². The molecule has 0 N–H and O–H groups in total. The molecular weight excluding hydrogens is 215 g/mol. The van der Waals surface area contributed by atoms with Gasteiger partial charge in [0.25, 0.3) is 0 Å². The summed E-state index contributed by atoms with van der Waals surface area (Å²) < 4.78 is 36.0. The van der Waals surface area contributed by atoms with Crippen LogP contribution in [0.1, 0.15) is 20.3 Å². The molecule has 84 valence electrons. The van der Waals surface area contributed by atoms with E-state index in [1.165, 1.54) is 24.3 Å². The van der Waals surface area contributed by atoms with Gasteiger partial charge in [-0.15, -0.1) is 0 Å². The first kappa shape index (κ1) is 12.2. The van der Waals surface area contributed by atoms with Crippen molar-refractivity contribution in [2.45, 2.75) is 25.2 Å². The van der Waals surface area contributed by atoms with Crippen LogP contribution in [-0.4, -0.2) is 14.2 Å². The SMILES string of the molecule is CC(C)CCS(=O)(=O)c1ccc(F)cc1. The third-order valence-corrected chi connectivity index (χ3v) is 3.90. The van der Waals surface area contributed by atoms with Gasteiger partial charge in [-0.3, -0.25) is 0 Å². The summed E-state index contributed by atoms with van der Waals surface area (Å²) in [4.78, 5) is 0.199. The van der Waals surface area contributed by atoms with Crippen LogP contribution in [0.25, 0.3) is 0 Å². The van der Waals surface area contributed by atoms with Gasteiger partial charge in [-0.1, -0.05) is 13.8 Å². The van der Waals surface area contributed by atoms with E-state index in [4.69, 9.17) is 0 Å². The highest BCUT2D eigenvalue weighted by Gasteiger charge is 2.14. The molecule has 0 atom stereocenters. The van der Waals surface area contributed by atoms with E-state index in [0.717, 1.165) is 0 Å². The van der Waals surface area contributed by atoms with E-state index in [9.17, 15) is 12.8 Å². The number of hydrogen-bond donors (Lipinski definition) is 0. The molecule has 0 fully saturated rings. The molecule has 0 unspecified atom stereocenters. The molecule has 0 spiro atoms. The standard InChI is InChI=1S/C11H15FO2S/c1-9(2)7-8-15(13,14)11-5-3-10(12)4-6-11/h3-6,9H,7-8H2,1-2H3. The van der Waals surface area contributed by atoms with Crippen molar-refractivity contribution in [1.82, 2.24) is 0 Å². The fourth-order valence-corrected chi connectivity index (χ4v) is 2.72. The van der Waals surface area contributed by atoms with Crippen molar-refractivity contribution >= 4 is 9.84 Å². The minimum absolute atomic E-state index is 0.121. The lowest BCUT2D eigenvalue weighted by atomic mass is 10.2. The van der Waals surface area contributed by atoms with Crippen LogP contribution in [-0.2, 0) is 9.84 Å². The number of halogens is 1. The predicted octanol–water partition coefficient (Wildman–Crippen LogP) is 2.65. The minimum atomic E-state index is -3.24. The molecule has 0 saturated heterocycles. The van der Waals surface area contributed by atoms with Crippen molar-refractivity contribution in [3.63, 3.8) is 0 Å². The van der Waals surface area contributed by atoms with Crippen molar-refractivity contribution in [2.75, 3.05) is 5.75 Å². The van der Waals surface area contributed by atoms with Gasteiger partial charge in [-0.05, 0) is 36.6 Å². The second-order valence-corrected chi connectivity index (χ2v) is 6.06. The van der Waals surface area contributed by atoms with Crippen LogP contribution < -0.4 is 0 Å². The summed E-state index contributed by atoms with van der Waals surface area (Å²) in [5.74, 6) is 0.0501. The summed E-state index contributed by atoms with van der Waals surface area (Å²) >= 11 is 0. The first-order valence-corrected chi connectivity index (χ1v) is 6.55. The molecule has 0 amide bonds. The molecule has 0 aliphatic rings. The van der Waals surface area contributed by atoms with Gasteiger partial charge in [0.15, 0.2) is 9.84 Å². The average Bonchev–Trinajstić information content (AvgIpc) is 2.16. The molecule has 4 heteroatoms. The van der Waals surface area contributed by atoms with E-state index in [-0.39, 0.29) is 10.6 Å². The molecule has 0 aliphatic heterocycles. The quantitative estimate of drug-likeness (QED) is 0.745. The monoisotopic (exact) mass is 230 g/mol. The first-order valence-electron chi connectivity index (χ1n) is 4.90. The van der Waals surface area contributed by atoms with Crippen LogP contribution in [0, 0.1) is 11.7 Å². The average molecular weight is 230 g/mol. The Morgan fingerprint density at radius 2 is 1.73 bits per heavy atom. The maximum atomic E-state index is 12.6. The van der Waals surface area contributed by atoms with Gasteiger partial charge < -0.3 is 0 Å². The zero-order valence-corrected chi connectivity index (χ0v) is 9.72. The van der Waals surface area contributed by atoms with Crippen LogP contribution >= 0.6 is 0 Å². The molecule has 2 nitrogen and oxygen atoms in total. The number of rotatable bonds is 4. The summed E-state index contributed by atoms with van der Waals surface area (Å²) in [6.07, 6.45) is 0.625. The number of hydrogen-bond acceptors (Lipinski definition) is 2. The molecule has 1 rings (SSSR count). The van der Waals surface area contributed by atoms with Gasteiger partial charge in [-0.25, -0.2) is 12.8 Å². The zero-order valence-electron chi connectivity index (χ0n) is 8.90. The van der Waals surface area contributed by atoms with Crippen molar-refractivity contribution < 1.29 is 12.8 Å². The van der Waals surface area contributed by atoms with Crippen LogP contribution in [0.4, 0.5) is 4.39 Å². The summed E-state index contributed by atoms with van der Waals surface area (Å²) in [5.41, 5.74) is 0. The summed E-state index contributed by atoms with van der Waals surface area (Å²) in [5, 5.41) is 0. The number of sulfone groups is 1. The fraction of sp³-hybridized carbons (Fsp3) is 0.455. The van der Waals surface area contributed by atoms with Crippen molar-refractivity contribution in [3.8, 4) is 0 Å². The van der Waals surface area contributed by atoms with Crippen LogP contribution in [0.3, 0.4) is 0 Å². The maximum absolute atomic E-state index is 12.6. The summed E-state index contributed by atoms with van der Waals surface area (Å²) in [6, 6.07) is 4.96. The highest BCUT2D eigenvalue weighted by molar-refractivity contribution is 7.91. The second-order valence-electron chi connectivity index (χ2n) is 3.96. The van der Waals surface area contributed by atoms with Gasteiger partial charge in [0, 0.05) is 0 Å². The summed E-state index contributed by atoms with van der Waals surface area (Å²) in [6.45, 7) is 3.94. The molecule has 1 aromatic rings. The van der Waals surface area contributed by atoms with Crippen molar-refractivity contribution in [1.29, 1.82) is 0 Å². The maximum Gasteiger partial charge on any atom is 0.178 e. The Morgan fingerprint density at radius 3 is 2.20 bits per heavy atom. The van der Waals surface area contributed by atoms with E-state index in [1.807, 2.05) is 13.8 Å². The molecule has 0 aromatic heterocycles.